The van der Waals surface area contributed by atoms with Crippen LogP contribution in [0.15, 0.2) is 58.5 Å². The van der Waals surface area contributed by atoms with Crippen molar-refractivity contribution in [1.82, 2.24) is 14.5 Å². The molecule has 0 aliphatic carbocycles. The molecule has 0 unspecified atom stereocenters. The van der Waals surface area contributed by atoms with E-state index in [0.29, 0.717) is 21.1 Å². The number of benzene rings is 2. The van der Waals surface area contributed by atoms with Gasteiger partial charge in [-0.25, -0.2) is 4.98 Å². The van der Waals surface area contributed by atoms with Crippen molar-refractivity contribution >= 4 is 40.2 Å². The van der Waals surface area contributed by atoms with Crippen LogP contribution in [0.1, 0.15) is 30.7 Å². The van der Waals surface area contributed by atoms with E-state index in [-0.39, 0.29) is 17.5 Å². The molecular formula is C21H22ClN3O2S. The molecule has 1 atom stereocenters. The second-order valence-electron chi connectivity index (χ2n) is 6.97. The van der Waals surface area contributed by atoms with Gasteiger partial charge in [-0.3, -0.25) is 14.2 Å². The van der Waals surface area contributed by atoms with E-state index >= 15 is 0 Å². The van der Waals surface area contributed by atoms with Crippen LogP contribution in [-0.4, -0.2) is 34.5 Å². The number of rotatable bonds is 5. The average molecular weight is 416 g/mol. The molecule has 0 radical (unpaired) electrons. The summed E-state index contributed by atoms with van der Waals surface area (Å²) >= 11 is 7.39. The lowest BCUT2D eigenvalue weighted by molar-refractivity contribution is -0.128. The molecule has 7 heteroatoms. The van der Waals surface area contributed by atoms with E-state index in [4.69, 9.17) is 16.6 Å². The molecule has 0 spiro atoms. The number of amides is 1. The van der Waals surface area contributed by atoms with Gasteiger partial charge in [0.25, 0.3) is 5.56 Å². The zero-order valence-electron chi connectivity index (χ0n) is 16.2. The number of carbonyl (C=O) groups is 1. The lowest BCUT2D eigenvalue weighted by atomic mass is 10.1. The highest BCUT2D eigenvalue weighted by Gasteiger charge is 2.27. The van der Waals surface area contributed by atoms with Gasteiger partial charge in [0.15, 0.2) is 5.16 Å². The van der Waals surface area contributed by atoms with Crippen LogP contribution in [0.2, 0.25) is 5.02 Å². The number of aromatic nitrogens is 2. The number of hydrogen-bond donors (Lipinski definition) is 0. The Morgan fingerprint density at radius 3 is 2.43 bits per heavy atom. The van der Waals surface area contributed by atoms with Crippen LogP contribution in [0, 0.1) is 0 Å². The van der Waals surface area contributed by atoms with E-state index in [1.54, 1.807) is 41.8 Å². The van der Waals surface area contributed by atoms with Crippen LogP contribution in [0.3, 0.4) is 0 Å². The average Bonchev–Trinajstić information content (AvgIpc) is 2.65. The molecule has 3 aromatic rings. The molecular weight excluding hydrogens is 394 g/mol. The third-order valence-electron chi connectivity index (χ3n) is 4.34. The first-order valence-corrected chi connectivity index (χ1v) is 10.2. The van der Waals surface area contributed by atoms with Crippen LogP contribution in [0.25, 0.3) is 10.9 Å². The first kappa shape index (κ1) is 20.4. The Labute approximate surface area is 173 Å². The molecule has 1 amide bonds. The highest BCUT2D eigenvalue weighted by molar-refractivity contribution is 8.00. The van der Waals surface area contributed by atoms with Crippen molar-refractivity contribution in [2.45, 2.75) is 30.3 Å². The molecule has 0 aliphatic heterocycles. The number of fused-ring (bicyclic) bond motifs is 1. The Morgan fingerprint density at radius 2 is 1.82 bits per heavy atom. The summed E-state index contributed by atoms with van der Waals surface area (Å²) in [5, 5.41) is 1.02. The molecule has 2 aromatic carbocycles. The van der Waals surface area contributed by atoms with E-state index in [1.807, 2.05) is 44.2 Å². The summed E-state index contributed by atoms with van der Waals surface area (Å²) < 4.78 is 1.64. The summed E-state index contributed by atoms with van der Waals surface area (Å²) in [7, 11) is 3.45. The fourth-order valence-corrected chi connectivity index (χ4v) is 4.46. The standard InChI is InChI=1S/C21H22ClN3O2S/c1-13(2)25-19(26)16-11-10-15(22)12-17(16)23-21(25)28-18(20(27)24(3)4)14-8-6-5-7-9-14/h5-13,18H,1-4H3/t18-/m1/s1. The van der Waals surface area contributed by atoms with Crippen molar-refractivity contribution < 1.29 is 4.79 Å². The van der Waals surface area contributed by atoms with Crippen LogP contribution >= 0.6 is 23.4 Å². The highest BCUT2D eigenvalue weighted by atomic mass is 35.5. The van der Waals surface area contributed by atoms with Crippen molar-refractivity contribution in [2.24, 2.45) is 0 Å². The van der Waals surface area contributed by atoms with Gasteiger partial charge in [0, 0.05) is 25.2 Å². The second-order valence-corrected chi connectivity index (χ2v) is 8.47. The zero-order valence-corrected chi connectivity index (χ0v) is 17.8. The maximum Gasteiger partial charge on any atom is 0.262 e. The van der Waals surface area contributed by atoms with Crippen molar-refractivity contribution in [1.29, 1.82) is 0 Å². The molecule has 0 aliphatic rings. The third-order valence-corrected chi connectivity index (χ3v) is 5.78. The quantitative estimate of drug-likeness (QED) is 0.453. The predicted octanol–water partition coefficient (Wildman–Crippen LogP) is 4.55. The Balaban J connectivity index is 2.18. The number of halogens is 1. The topological polar surface area (TPSA) is 55.2 Å². The number of carbonyl (C=O) groups excluding carboxylic acids is 1. The summed E-state index contributed by atoms with van der Waals surface area (Å²) in [6.07, 6.45) is 0. The van der Waals surface area contributed by atoms with E-state index in [0.717, 1.165) is 5.56 Å². The summed E-state index contributed by atoms with van der Waals surface area (Å²) in [4.78, 5) is 32.2. The van der Waals surface area contributed by atoms with E-state index < -0.39 is 5.25 Å². The lowest BCUT2D eigenvalue weighted by Crippen LogP contribution is -2.29. The lowest BCUT2D eigenvalue weighted by Gasteiger charge is -2.23. The van der Waals surface area contributed by atoms with Crippen molar-refractivity contribution in [2.75, 3.05) is 14.1 Å². The van der Waals surface area contributed by atoms with Gasteiger partial charge in [0.1, 0.15) is 5.25 Å². The molecule has 0 bridgehead atoms. The van der Waals surface area contributed by atoms with Crippen molar-refractivity contribution in [3.63, 3.8) is 0 Å². The SMILES string of the molecule is CC(C)n1c(S[C@@H](C(=O)N(C)C)c2ccccc2)nc2cc(Cl)ccc2c1=O. The fourth-order valence-electron chi connectivity index (χ4n) is 2.92. The number of likely N-dealkylation sites (N-methyl/N-ethyl adjacent to an activating group) is 1. The number of nitrogens with zero attached hydrogens (tertiary/aromatic N) is 3. The largest absolute Gasteiger partial charge is 0.348 e. The summed E-state index contributed by atoms with van der Waals surface area (Å²) in [5.74, 6) is -0.0630. The molecule has 1 aromatic heterocycles. The third kappa shape index (κ3) is 4.08. The zero-order chi connectivity index (χ0) is 20.4. The summed E-state index contributed by atoms with van der Waals surface area (Å²) in [6.45, 7) is 3.86. The van der Waals surface area contributed by atoms with E-state index in [9.17, 15) is 9.59 Å². The molecule has 0 fully saturated rings. The number of thioether (sulfide) groups is 1. The van der Waals surface area contributed by atoms with Gasteiger partial charge in [-0.1, -0.05) is 53.7 Å². The maximum atomic E-state index is 13.1. The Kier molecular flexibility index (Phi) is 6.10. The number of hydrogen-bond acceptors (Lipinski definition) is 4. The van der Waals surface area contributed by atoms with Crippen LogP contribution in [0.4, 0.5) is 0 Å². The van der Waals surface area contributed by atoms with Gasteiger partial charge < -0.3 is 4.90 Å². The first-order valence-electron chi connectivity index (χ1n) is 8.94. The molecule has 28 heavy (non-hydrogen) atoms. The van der Waals surface area contributed by atoms with Crippen molar-refractivity contribution in [3.05, 3.63) is 69.5 Å². The monoisotopic (exact) mass is 415 g/mol. The van der Waals surface area contributed by atoms with Gasteiger partial charge in [-0.15, -0.1) is 0 Å². The van der Waals surface area contributed by atoms with Gasteiger partial charge in [-0.2, -0.15) is 0 Å². The predicted molar refractivity (Wildman–Crippen MR) is 115 cm³/mol. The molecule has 1 heterocycles. The molecule has 5 nitrogen and oxygen atoms in total. The summed E-state index contributed by atoms with van der Waals surface area (Å²) in [5.41, 5.74) is 1.26. The molecule has 0 saturated carbocycles. The fraction of sp³-hybridized carbons (Fsp3) is 0.286. The Hall–Kier alpha value is -2.31. The van der Waals surface area contributed by atoms with Crippen LogP contribution in [-0.2, 0) is 4.79 Å². The Morgan fingerprint density at radius 1 is 1.14 bits per heavy atom. The molecule has 0 saturated heterocycles. The van der Waals surface area contributed by atoms with Gasteiger partial charge in [0.2, 0.25) is 5.91 Å². The van der Waals surface area contributed by atoms with E-state index in [2.05, 4.69) is 0 Å². The first-order chi connectivity index (χ1) is 13.3. The molecule has 146 valence electrons. The highest BCUT2D eigenvalue weighted by Crippen LogP contribution is 2.36. The van der Waals surface area contributed by atoms with E-state index in [1.165, 1.54) is 11.8 Å². The van der Waals surface area contributed by atoms with Gasteiger partial charge >= 0.3 is 0 Å². The van der Waals surface area contributed by atoms with Gasteiger partial charge in [0.05, 0.1) is 10.9 Å². The Bertz CT molecular complexity index is 1060. The maximum absolute atomic E-state index is 13.1. The summed E-state index contributed by atoms with van der Waals surface area (Å²) in [6, 6.07) is 14.5. The normalized spacial score (nSPS) is 12.4. The minimum atomic E-state index is -0.510. The van der Waals surface area contributed by atoms with Crippen molar-refractivity contribution in [3.8, 4) is 0 Å². The van der Waals surface area contributed by atoms with Crippen LogP contribution in [0.5, 0.6) is 0 Å². The smallest absolute Gasteiger partial charge is 0.262 e. The minimum absolute atomic E-state index is 0.0630. The van der Waals surface area contributed by atoms with Gasteiger partial charge in [-0.05, 0) is 37.6 Å². The minimum Gasteiger partial charge on any atom is -0.348 e. The molecule has 0 N–H and O–H groups in total. The molecule has 3 rings (SSSR count). The van der Waals surface area contributed by atoms with Crippen LogP contribution < -0.4 is 5.56 Å². The second kappa shape index (κ2) is 8.37.